The largest absolute Gasteiger partial charge is 0.326 e. The van der Waals surface area contributed by atoms with Crippen LogP contribution in [-0.4, -0.2) is 46.7 Å². The second-order valence-corrected chi connectivity index (χ2v) is 10.4. The molecule has 5 rings (SSSR count). The number of amides is 3. The average molecular weight is 449 g/mol. The number of fused-ring (bicyclic) bond motifs is 4. The lowest BCUT2D eigenvalue weighted by Crippen LogP contribution is -2.99. The van der Waals surface area contributed by atoms with Crippen LogP contribution in [0.15, 0.2) is 12.1 Å². The minimum absolute atomic E-state index is 0.00950. The quantitative estimate of drug-likeness (QED) is 0.690. The van der Waals surface area contributed by atoms with Crippen molar-refractivity contribution in [3.8, 4) is 0 Å². The van der Waals surface area contributed by atoms with Gasteiger partial charge in [0.1, 0.15) is 17.9 Å². The molecule has 1 saturated carbocycles. The number of thioether (sulfide) groups is 1. The zero-order valence-corrected chi connectivity index (χ0v) is 18.8. The lowest BCUT2D eigenvalue weighted by molar-refractivity contribution is -0.733. The fourth-order valence-electron chi connectivity index (χ4n) is 6.21. The van der Waals surface area contributed by atoms with Crippen molar-refractivity contribution in [2.45, 2.75) is 56.7 Å². The number of nitrogens with two attached hydrogens (primary N) is 1. The number of rotatable bonds is 4. The van der Waals surface area contributed by atoms with E-state index in [0.717, 1.165) is 49.0 Å². The average Bonchev–Trinajstić information content (AvgIpc) is 3.46. The van der Waals surface area contributed by atoms with Gasteiger partial charge in [-0.2, -0.15) is 11.8 Å². The Labute approximate surface area is 185 Å². The lowest BCUT2D eigenvalue weighted by Gasteiger charge is -2.28. The highest BCUT2D eigenvalue weighted by Crippen LogP contribution is 2.51. The lowest BCUT2D eigenvalue weighted by atomic mass is 9.76. The molecule has 1 aliphatic carbocycles. The summed E-state index contributed by atoms with van der Waals surface area (Å²) in [5.41, 5.74) is 1.22. The molecule has 160 valence electrons. The number of likely N-dealkylation sites (tertiary alicyclic amines) is 1. The molecule has 1 spiro atoms. The van der Waals surface area contributed by atoms with E-state index in [1.807, 2.05) is 24.6 Å². The van der Waals surface area contributed by atoms with Gasteiger partial charge in [0.05, 0.1) is 5.69 Å². The van der Waals surface area contributed by atoms with Crippen molar-refractivity contribution in [3.05, 3.63) is 28.3 Å². The van der Waals surface area contributed by atoms with Gasteiger partial charge in [0, 0.05) is 23.0 Å². The Hall–Kier alpha value is -1.57. The van der Waals surface area contributed by atoms with Crippen molar-refractivity contribution in [1.29, 1.82) is 0 Å². The minimum atomic E-state index is -1.08. The van der Waals surface area contributed by atoms with Crippen LogP contribution in [0.4, 0.5) is 5.69 Å². The van der Waals surface area contributed by atoms with Crippen molar-refractivity contribution < 1.29 is 19.7 Å². The molecule has 3 heterocycles. The van der Waals surface area contributed by atoms with Gasteiger partial charge in [-0.05, 0) is 49.5 Å². The summed E-state index contributed by atoms with van der Waals surface area (Å²) in [5, 5.41) is 5.61. The highest BCUT2D eigenvalue weighted by molar-refractivity contribution is 7.98. The Kier molecular flexibility index (Phi) is 4.91. The topological polar surface area (TPSA) is 83.1 Å². The van der Waals surface area contributed by atoms with Gasteiger partial charge in [-0.25, -0.2) is 0 Å². The van der Waals surface area contributed by atoms with E-state index in [-0.39, 0.29) is 29.8 Å². The van der Waals surface area contributed by atoms with E-state index in [0.29, 0.717) is 10.7 Å². The Morgan fingerprint density at radius 3 is 2.67 bits per heavy atom. The highest BCUT2D eigenvalue weighted by Gasteiger charge is 2.74. The molecule has 2 saturated heterocycles. The molecule has 3 aliphatic heterocycles. The molecule has 4 atom stereocenters. The molecule has 8 heteroatoms. The van der Waals surface area contributed by atoms with Gasteiger partial charge in [0.25, 0.3) is 5.91 Å². The molecule has 0 aromatic heterocycles. The van der Waals surface area contributed by atoms with Gasteiger partial charge < -0.3 is 10.6 Å². The molecule has 3 N–H and O–H groups in total. The van der Waals surface area contributed by atoms with E-state index in [2.05, 4.69) is 5.32 Å². The number of quaternary nitrogens is 1. The summed E-state index contributed by atoms with van der Waals surface area (Å²) in [7, 11) is 0. The molecule has 3 fully saturated rings. The van der Waals surface area contributed by atoms with E-state index >= 15 is 0 Å². The third-order valence-corrected chi connectivity index (χ3v) is 8.67. The summed E-state index contributed by atoms with van der Waals surface area (Å²) in [6.45, 7) is 1.88. The Bertz CT molecular complexity index is 948. The zero-order valence-electron chi connectivity index (χ0n) is 17.2. The Morgan fingerprint density at radius 2 is 1.97 bits per heavy atom. The fourth-order valence-corrected chi connectivity index (χ4v) is 6.88. The van der Waals surface area contributed by atoms with Gasteiger partial charge in [-0.1, -0.05) is 24.4 Å². The van der Waals surface area contributed by atoms with E-state index in [9.17, 15) is 14.4 Å². The number of carbonyl (C=O) groups excluding carboxylic acids is 3. The van der Waals surface area contributed by atoms with E-state index in [1.54, 1.807) is 17.8 Å². The molecule has 4 aliphatic rings. The molecule has 6 nitrogen and oxygen atoms in total. The van der Waals surface area contributed by atoms with Gasteiger partial charge in [0.2, 0.25) is 17.4 Å². The van der Waals surface area contributed by atoms with Crippen LogP contribution >= 0.6 is 23.4 Å². The normalized spacial score (nSPS) is 33.0. The van der Waals surface area contributed by atoms with Crippen molar-refractivity contribution in [3.63, 3.8) is 0 Å². The van der Waals surface area contributed by atoms with Crippen molar-refractivity contribution >= 4 is 46.8 Å². The number of halogens is 1. The first kappa shape index (κ1) is 20.3. The van der Waals surface area contributed by atoms with Gasteiger partial charge in [0.15, 0.2) is 0 Å². The number of hydrogen-bond acceptors (Lipinski definition) is 4. The number of imide groups is 1. The third-order valence-electron chi connectivity index (χ3n) is 7.62. The monoisotopic (exact) mass is 448 g/mol. The second-order valence-electron chi connectivity index (χ2n) is 9.02. The molecule has 30 heavy (non-hydrogen) atoms. The third kappa shape index (κ3) is 2.58. The Morgan fingerprint density at radius 1 is 1.23 bits per heavy atom. The number of carbonyl (C=O) groups is 3. The number of anilines is 1. The number of nitrogens with zero attached hydrogens (tertiary/aromatic N) is 1. The molecule has 0 radical (unpaired) electrons. The summed E-state index contributed by atoms with van der Waals surface area (Å²) in [4.78, 5) is 42.3. The molecular weight excluding hydrogens is 422 g/mol. The van der Waals surface area contributed by atoms with Crippen molar-refractivity contribution in [2.75, 3.05) is 17.3 Å². The van der Waals surface area contributed by atoms with Gasteiger partial charge in [-0.3, -0.25) is 19.3 Å². The predicted octanol–water partition coefficient (Wildman–Crippen LogP) is 2.04. The smallest absolute Gasteiger partial charge is 0.291 e. The van der Waals surface area contributed by atoms with E-state index < -0.39 is 17.4 Å². The standard InChI is InChI=1S/C22H26ClN3O3S/c1-11-14(23)8-7-13-18(11)24-21(29)22(13)17-16(15(25-22)9-10-30-2)19(27)26(20(17)28)12-5-3-4-6-12/h7-8,12,15-17,25H,3-6,9-10H2,1-2H3,(H,24,29)/p+1/t15-,16-,17+,22+/m1/s1. The molecule has 1 aromatic carbocycles. The summed E-state index contributed by atoms with van der Waals surface area (Å²) in [6, 6.07) is 3.57. The molecule has 0 unspecified atom stereocenters. The van der Waals surface area contributed by atoms with Crippen LogP contribution in [0.2, 0.25) is 5.02 Å². The molecule has 0 bridgehead atoms. The summed E-state index contributed by atoms with van der Waals surface area (Å²) >= 11 is 8.04. The summed E-state index contributed by atoms with van der Waals surface area (Å²) in [5.74, 6) is -0.630. The van der Waals surface area contributed by atoms with E-state index in [4.69, 9.17) is 11.6 Å². The van der Waals surface area contributed by atoms with Crippen LogP contribution in [0.3, 0.4) is 0 Å². The molecular formula is C22H27ClN3O3S+. The summed E-state index contributed by atoms with van der Waals surface area (Å²) < 4.78 is 0. The van der Waals surface area contributed by atoms with Gasteiger partial charge >= 0.3 is 0 Å². The predicted molar refractivity (Wildman–Crippen MR) is 116 cm³/mol. The van der Waals surface area contributed by atoms with E-state index in [1.165, 1.54) is 4.90 Å². The van der Waals surface area contributed by atoms with Crippen LogP contribution in [-0.2, 0) is 19.9 Å². The van der Waals surface area contributed by atoms with Gasteiger partial charge in [-0.15, -0.1) is 0 Å². The molecule has 3 amide bonds. The number of hydrogen-bond donors (Lipinski definition) is 2. The van der Waals surface area contributed by atoms with Crippen LogP contribution < -0.4 is 10.6 Å². The number of benzene rings is 1. The Balaban J connectivity index is 1.64. The maximum absolute atomic E-state index is 13.7. The van der Waals surface area contributed by atoms with Crippen molar-refractivity contribution in [2.24, 2.45) is 11.8 Å². The van der Waals surface area contributed by atoms with Crippen LogP contribution in [0.5, 0.6) is 0 Å². The minimum Gasteiger partial charge on any atom is -0.326 e. The molecule has 1 aromatic rings. The zero-order chi connectivity index (χ0) is 21.2. The maximum atomic E-state index is 13.7. The van der Waals surface area contributed by atoms with Crippen LogP contribution in [0, 0.1) is 18.8 Å². The first-order valence-electron chi connectivity index (χ1n) is 10.7. The van der Waals surface area contributed by atoms with Crippen LogP contribution in [0.25, 0.3) is 0 Å². The maximum Gasteiger partial charge on any atom is 0.291 e. The first-order valence-corrected chi connectivity index (χ1v) is 12.5. The SMILES string of the molecule is CSCC[C@H]1[NH2+][C@]2(C(=O)Nc3c2ccc(Cl)c3C)[C@@H]2C(=O)N(C3CCCC3)C(=O)[C@@H]21. The fraction of sp³-hybridized carbons (Fsp3) is 0.591. The first-order chi connectivity index (χ1) is 14.4. The van der Waals surface area contributed by atoms with Crippen LogP contribution in [0.1, 0.15) is 43.2 Å². The summed E-state index contributed by atoms with van der Waals surface area (Å²) in [6.07, 6.45) is 6.67. The second kappa shape index (κ2) is 7.24. The number of nitrogens with one attached hydrogen (secondary N) is 1. The van der Waals surface area contributed by atoms with Crippen molar-refractivity contribution in [1.82, 2.24) is 4.90 Å². The highest BCUT2D eigenvalue weighted by atomic mass is 35.5.